The number of anilines is 1. The quantitative estimate of drug-likeness (QED) is 0.722. The fraction of sp³-hybridized carbons (Fsp3) is 0.529. The number of sulfonamides is 1. The van der Waals surface area contributed by atoms with E-state index in [1.54, 1.807) is 11.9 Å². The van der Waals surface area contributed by atoms with Gasteiger partial charge in [0, 0.05) is 25.3 Å². The third kappa shape index (κ3) is 7.11. The monoisotopic (exact) mass is 384 g/mol. The second-order valence-corrected chi connectivity index (χ2v) is 9.48. The third-order valence-electron chi connectivity index (χ3n) is 3.26. The number of hydrogen-bond donors (Lipinski definition) is 2. The van der Waals surface area contributed by atoms with E-state index in [0.29, 0.717) is 5.69 Å². The van der Waals surface area contributed by atoms with Crippen molar-refractivity contribution in [3.63, 3.8) is 0 Å². The molecule has 1 aromatic rings. The Morgan fingerprint density at radius 1 is 0.962 bits per heavy atom. The molecule has 0 heterocycles. The maximum atomic E-state index is 12.1. The van der Waals surface area contributed by atoms with Gasteiger partial charge in [0.2, 0.25) is 21.8 Å². The Kier molecular flexibility index (Phi) is 7.31. The van der Waals surface area contributed by atoms with Gasteiger partial charge in [-0.05, 0) is 52.1 Å². The summed E-state index contributed by atoms with van der Waals surface area (Å²) in [7, 11) is 1.08. The van der Waals surface area contributed by atoms with Crippen LogP contribution in [-0.2, 0) is 19.6 Å². The number of carbonyl (C=O) groups excluding carboxylic acids is 2. The van der Waals surface area contributed by atoms with Crippen molar-refractivity contribution in [2.24, 2.45) is 0 Å². The highest BCUT2D eigenvalue weighted by Gasteiger charge is 2.18. The van der Waals surface area contributed by atoms with Gasteiger partial charge in [-0.2, -0.15) is 0 Å². The smallest absolute Gasteiger partial charge is 0.242 e. The molecule has 0 aliphatic carbocycles. The van der Waals surface area contributed by atoms with E-state index in [1.807, 2.05) is 20.8 Å². The summed E-state index contributed by atoms with van der Waals surface area (Å²) in [4.78, 5) is 25.7. The summed E-state index contributed by atoms with van der Waals surface area (Å²) in [6.45, 7) is 5.80. The predicted octanol–water partition coefficient (Wildman–Crippen LogP) is 0.722. The van der Waals surface area contributed by atoms with E-state index in [0.717, 1.165) is 4.31 Å². The molecule has 0 aliphatic heterocycles. The molecule has 0 aliphatic rings. The summed E-state index contributed by atoms with van der Waals surface area (Å²) in [5.41, 5.74) is 0.162. The number of amides is 2. The minimum Gasteiger partial charge on any atom is -0.350 e. The lowest BCUT2D eigenvalue weighted by molar-refractivity contribution is -0.124. The van der Waals surface area contributed by atoms with Crippen LogP contribution in [0.5, 0.6) is 0 Å². The number of carbonyl (C=O) groups is 2. The fourth-order valence-corrected chi connectivity index (χ4v) is 3.03. The van der Waals surface area contributed by atoms with Crippen LogP contribution in [0.2, 0.25) is 0 Å². The summed E-state index contributed by atoms with van der Waals surface area (Å²) < 4.78 is 25.1. The molecule has 0 radical (unpaired) electrons. The Bertz CT molecular complexity index is 737. The Labute approximate surface area is 155 Å². The van der Waals surface area contributed by atoms with Crippen LogP contribution in [0.25, 0.3) is 0 Å². The van der Waals surface area contributed by atoms with Crippen molar-refractivity contribution >= 4 is 27.5 Å². The van der Waals surface area contributed by atoms with Crippen molar-refractivity contribution in [1.29, 1.82) is 0 Å². The standard InChI is InChI=1S/C17H28N4O4S/c1-17(2,3)19-16(23)12-21(6)11-15(22)18-13-7-9-14(10-8-13)26(24,25)20(4)5/h7-10H,11-12H2,1-6H3,(H,18,22)(H,19,23). The van der Waals surface area contributed by atoms with Crippen LogP contribution in [0, 0.1) is 0 Å². The Hall–Kier alpha value is -1.97. The highest BCUT2D eigenvalue weighted by Crippen LogP contribution is 2.16. The Morgan fingerprint density at radius 2 is 1.46 bits per heavy atom. The summed E-state index contributed by atoms with van der Waals surface area (Å²) in [5.74, 6) is -0.453. The summed E-state index contributed by atoms with van der Waals surface area (Å²) in [6.07, 6.45) is 0. The SMILES string of the molecule is CN(CC(=O)Nc1ccc(S(=O)(=O)N(C)C)cc1)CC(=O)NC(C)(C)C. The number of rotatable bonds is 7. The molecule has 0 fully saturated rings. The average Bonchev–Trinajstić information content (AvgIpc) is 2.44. The first-order chi connectivity index (χ1) is 11.8. The average molecular weight is 385 g/mol. The Morgan fingerprint density at radius 3 is 1.92 bits per heavy atom. The van der Waals surface area contributed by atoms with Gasteiger partial charge in [-0.3, -0.25) is 14.5 Å². The molecule has 2 N–H and O–H groups in total. The van der Waals surface area contributed by atoms with Gasteiger partial charge >= 0.3 is 0 Å². The highest BCUT2D eigenvalue weighted by atomic mass is 32.2. The van der Waals surface area contributed by atoms with Gasteiger partial charge in [0.15, 0.2) is 0 Å². The number of nitrogens with one attached hydrogen (secondary N) is 2. The van der Waals surface area contributed by atoms with Gasteiger partial charge in [-0.15, -0.1) is 0 Å². The van der Waals surface area contributed by atoms with Crippen LogP contribution < -0.4 is 10.6 Å². The summed E-state index contributed by atoms with van der Waals surface area (Å²) in [6, 6.07) is 5.93. The molecular weight excluding hydrogens is 356 g/mol. The summed E-state index contributed by atoms with van der Waals surface area (Å²) >= 11 is 0. The van der Waals surface area contributed by atoms with E-state index in [1.165, 1.54) is 38.4 Å². The molecule has 0 atom stereocenters. The van der Waals surface area contributed by atoms with E-state index in [4.69, 9.17) is 0 Å². The van der Waals surface area contributed by atoms with Crippen molar-refractivity contribution < 1.29 is 18.0 Å². The molecule has 0 unspecified atom stereocenters. The fourth-order valence-electron chi connectivity index (χ4n) is 2.13. The molecule has 1 rings (SSSR count). The van der Waals surface area contributed by atoms with E-state index in [9.17, 15) is 18.0 Å². The van der Waals surface area contributed by atoms with Crippen molar-refractivity contribution in [3.05, 3.63) is 24.3 Å². The van der Waals surface area contributed by atoms with Crippen LogP contribution in [0.4, 0.5) is 5.69 Å². The third-order valence-corrected chi connectivity index (χ3v) is 5.09. The second kappa shape index (κ2) is 8.61. The number of likely N-dealkylation sites (N-methyl/N-ethyl adjacent to an activating group) is 1. The Balaban J connectivity index is 2.59. The van der Waals surface area contributed by atoms with E-state index >= 15 is 0 Å². The topological polar surface area (TPSA) is 98.8 Å². The predicted molar refractivity (Wildman–Crippen MR) is 101 cm³/mol. The normalized spacial score (nSPS) is 12.3. The zero-order valence-corrected chi connectivity index (χ0v) is 17.0. The van der Waals surface area contributed by atoms with Crippen molar-refractivity contribution in [2.45, 2.75) is 31.2 Å². The molecule has 2 amide bonds. The van der Waals surface area contributed by atoms with Crippen molar-refractivity contribution in [2.75, 3.05) is 39.5 Å². The molecule has 146 valence electrons. The lowest BCUT2D eigenvalue weighted by atomic mass is 10.1. The van der Waals surface area contributed by atoms with Crippen LogP contribution in [0.1, 0.15) is 20.8 Å². The zero-order valence-electron chi connectivity index (χ0n) is 16.2. The molecule has 0 saturated carbocycles. The van der Waals surface area contributed by atoms with Crippen LogP contribution >= 0.6 is 0 Å². The molecule has 0 spiro atoms. The molecule has 8 nitrogen and oxygen atoms in total. The first-order valence-corrected chi connectivity index (χ1v) is 9.57. The maximum absolute atomic E-state index is 12.1. The van der Waals surface area contributed by atoms with Crippen molar-refractivity contribution in [3.8, 4) is 0 Å². The maximum Gasteiger partial charge on any atom is 0.242 e. The molecule has 0 saturated heterocycles. The van der Waals surface area contributed by atoms with Crippen LogP contribution in [0.15, 0.2) is 29.2 Å². The van der Waals surface area contributed by atoms with E-state index < -0.39 is 10.0 Å². The number of benzene rings is 1. The zero-order chi connectivity index (χ0) is 20.1. The minimum absolute atomic E-state index is 0.0370. The molecule has 26 heavy (non-hydrogen) atoms. The van der Waals surface area contributed by atoms with Crippen LogP contribution in [0.3, 0.4) is 0 Å². The number of hydrogen-bond acceptors (Lipinski definition) is 5. The van der Waals surface area contributed by atoms with E-state index in [-0.39, 0.29) is 35.3 Å². The lowest BCUT2D eigenvalue weighted by Crippen LogP contribution is -2.46. The van der Waals surface area contributed by atoms with Gasteiger partial charge < -0.3 is 10.6 Å². The summed E-state index contributed by atoms with van der Waals surface area (Å²) in [5, 5.41) is 5.51. The molecule has 9 heteroatoms. The van der Waals surface area contributed by atoms with E-state index in [2.05, 4.69) is 10.6 Å². The van der Waals surface area contributed by atoms with Crippen LogP contribution in [-0.4, -0.2) is 69.2 Å². The van der Waals surface area contributed by atoms with Gasteiger partial charge in [0.05, 0.1) is 18.0 Å². The second-order valence-electron chi connectivity index (χ2n) is 7.33. The van der Waals surface area contributed by atoms with Crippen molar-refractivity contribution in [1.82, 2.24) is 14.5 Å². The lowest BCUT2D eigenvalue weighted by Gasteiger charge is -2.23. The molecule has 1 aromatic carbocycles. The largest absolute Gasteiger partial charge is 0.350 e. The highest BCUT2D eigenvalue weighted by molar-refractivity contribution is 7.89. The van der Waals surface area contributed by atoms with Gasteiger partial charge in [-0.1, -0.05) is 0 Å². The first-order valence-electron chi connectivity index (χ1n) is 8.13. The number of nitrogens with zero attached hydrogens (tertiary/aromatic N) is 2. The van der Waals surface area contributed by atoms with Gasteiger partial charge in [0.1, 0.15) is 0 Å². The molecular formula is C17H28N4O4S. The minimum atomic E-state index is -3.50. The molecule has 0 aromatic heterocycles. The van der Waals surface area contributed by atoms with Gasteiger partial charge in [-0.25, -0.2) is 12.7 Å². The first kappa shape index (κ1) is 22.1. The molecule has 0 bridgehead atoms. The van der Waals surface area contributed by atoms with Gasteiger partial charge in [0.25, 0.3) is 0 Å².